The van der Waals surface area contributed by atoms with E-state index in [1.165, 1.54) is 0 Å². The van der Waals surface area contributed by atoms with Crippen molar-refractivity contribution in [2.24, 2.45) is 5.92 Å². The molecule has 0 N–H and O–H groups in total. The molecule has 0 amide bonds. The minimum atomic E-state index is -0.137. The molecule has 0 bridgehead atoms. The van der Waals surface area contributed by atoms with Crippen molar-refractivity contribution in [3.63, 3.8) is 0 Å². The van der Waals surface area contributed by atoms with Gasteiger partial charge in [0, 0.05) is 24.7 Å². The molecule has 0 aliphatic carbocycles. The van der Waals surface area contributed by atoms with Gasteiger partial charge in [0.2, 0.25) is 5.78 Å². The Hall–Kier alpha value is -2.99. The second kappa shape index (κ2) is 7.79. The van der Waals surface area contributed by atoms with Crippen LogP contribution in [-0.2, 0) is 6.54 Å². The number of Topliss-reactive ketones (excluding diaryl/α,β-unsaturated/α-hetero) is 1. The van der Waals surface area contributed by atoms with Gasteiger partial charge in [-0.15, -0.1) is 0 Å². The van der Waals surface area contributed by atoms with Crippen LogP contribution in [0, 0.1) is 5.92 Å². The lowest BCUT2D eigenvalue weighted by Gasteiger charge is -2.30. The van der Waals surface area contributed by atoms with E-state index >= 15 is 0 Å². The molecule has 0 fully saturated rings. The molecule has 0 saturated heterocycles. The first-order chi connectivity index (χ1) is 14.0. The second-order valence-corrected chi connectivity index (χ2v) is 7.65. The van der Waals surface area contributed by atoms with Crippen molar-refractivity contribution >= 4 is 11.9 Å². The van der Waals surface area contributed by atoms with Gasteiger partial charge in [-0.2, -0.15) is 0 Å². The van der Waals surface area contributed by atoms with Crippen molar-refractivity contribution in [2.45, 2.75) is 20.4 Å². The van der Waals surface area contributed by atoms with Gasteiger partial charge in [-0.05, 0) is 36.3 Å². The predicted octanol–water partition coefficient (Wildman–Crippen LogP) is 4.13. The molecule has 2 aliphatic rings. The second-order valence-electron chi connectivity index (χ2n) is 7.65. The highest BCUT2D eigenvalue weighted by molar-refractivity contribution is 6.15. The summed E-state index contributed by atoms with van der Waals surface area (Å²) in [5.41, 5.74) is 2.24. The van der Waals surface area contributed by atoms with E-state index in [9.17, 15) is 4.79 Å². The van der Waals surface area contributed by atoms with E-state index in [2.05, 4.69) is 18.7 Å². The van der Waals surface area contributed by atoms with Gasteiger partial charge in [-0.25, -0.2) is 0 Å². The van der Waals surface area contributed by atoms with Crippen molar-refractivity contribution in [3.05, 3.63) is 52.8 Å². The molecule has 0 unspecified atom stereocenters. The normalized spacial score (nSPS) is 17.0. The number of ether oxygens (including phenoxy) is 4. The van der Waals surface area contributed by atoms with Crippen molar-refractivity contribution in [1.82, 2.24) is 4.90 Å². The molecule has 2 aromatic rings. The van der Waals surface area contributed by atoms with Crippen LogP contribution in [0.1, 0.15) is 35.3 Å². The van der Waals surface area contributed by atoms with Gasteiger partial charge in [0.05, 0.1) is 25.3 Å². The first kappa shape index (κ1) is 19.3. The van der Waals surface area contributed by atoms with Crippen LogP contribution in [0.3, 0.4) is 0 Å². The summed E-state index contributed by atoms with van der Waals surface area (Å²) in [4.78, 5) is 15.2. The molecular weight excluding hydrogens is 370 g/mol. The Morgan fingerprint density at radius 3 is 2.72 bits per heavy atom. The molecule has 4 rings (SSSR count). The van der Waals surface area contributed by atoms with Crippen LogP contribution in [0.2, 0.25) is 0 Å². The van der Waals surface area contributed by atoms with Crippen molar-refractivity contribution in [1.29, 1.82) is 0 Å². The van der Waals surface area contributed by atoms with Gasteiger partial charge in [-0.1, -0.05) is 13.8 Å². The third kappa shape index (κ3) is 3.68. The average molecular weight is 395 g/mol. The molecule has 2 heterocycles. The number of rotatable bonds is 5. The van der Waals surface area contributed by atoms with E-state index in [0.29, 0.717) is 42.0 Å². The Morgan fingerprint density at radius 2 is 2.00 bits per heavy atom. The van der Waals surface area contributed by atoms with Gasteiger partial charge in [0.1, 0.15) is 29.7 Å². The van der Waals surface area contributed by atoms with Crippen LogP contribution in [0.25, 0.3) is 6.08 Å². The molecule has 2 aliphatic heterocycles. The molecule has 29 heavy (non-hydrogen) atoms. The van der Waals surface area contributed by atoms with E-state index < -0.39 is 0 Å². The molecule has 6 heteroatoms. The van der Waals surface area contributed by atoms with E-state index in [1.54, 1.807) is 32.4 Å². The molecule has 6 nitrogen and oxygen atoms in total. The predicted molar refractivity (Wildman–Crippen MR) is 110 cm³/mol. The molecule has 0 atom stereocenters. The number of nitrogens with zero attached hydrogens (tertiary/aromatic N) is 1. The van der Waals surface area contributed by atoms with Gasteiger partial charge < -0.3 is 18.9 Å². The first-order valence-corrected chi connectivity index (χ1v) is 9.67. The maximum atomic E-state index is 13.0. The topological polar surface area (TPSA) is 57.2 Å². The molecule has 0 radical (unpaired) electrons. The number of benzene rings is 2. The average Bonchev–Trinajstić information content (AvgIpc) is 3.04. The number of hydrogen-bond acceptors (Lipinski definition) is 6. The monoisotopic (exact) mass is 395 g/mol. The Bertz CT molecular complexity index is 979. The van der Waals surface area contributed by atoms with Crippen LogP contribution in [0.5, 0.6) is 23.0 Å². The molecule has 0 spiro atoms. The Morgan fingerprint density at radius 1 is 1.17 bits per heavy atom. The third-order valence-electron chi connectivity index (χ3n) is 5.03. The molecule has 152 valence electrons. The highest BCUT2D eigenvalue weighted by Crippen LogP contribution is 2.42. The number of carbonyl (C=O) groups is 1. The van der Waals surface area contributed by atoms with Crippen LogP contribution in [-0.4, -0.2) is 38.2 Å². The highest BCUT2D eigenvalue weighted by Gasteiger charge is 2.33. The third-order valence-corrected chi connectivity index (χ3v) is 5.03. The van der Waals surface area contributed by atoms with Crippen LogP contribution < -0.4 is 18.9 Å². The summed E-state index contributed by atoms with van der Waals surface area (Å²) in [6.45, 7) is 6.51. The fraction of sp³-hybridized carbons (Fsp3) is 0.348. The fourth-order valence-corrected chi connectivity index (χ4v) is 3.72. The van der Waals surface area contributed by atoms with Crippen molar-refractivity contribution in [2.75, 3.05) is 27.5 Å². The Labute approximate surface area is 170 Å². The zero-order chi connectivity index (χ0) is 20.5. The largest absolute Gasteiger partial charge is 0.497 e. The molecule has 0 aromatic heterocycles. The van der Waals surface area contributed by atoms with E-state index in [4.69, 9.17) is 18.9 Å². The van der Waals surface area contributed by atoms with Gasteiger partial charge in [0.15, 0.2) is 5.76 Å². The van der Waals surface area contributed by atoms with Crippen molar-refractivity contribution in [3.8, 4) is 23.0 Å². The zero-order valence-electron chi connectivity index (χ0n) is 17.2. The van der Waals surface area contributed by atoms with E-state index in [1.807, 2.05) is 18.2 Å². The summed E-state index contributed by atoms with van der Waals surface area (Å²) in [7, 11) is 3.18. The summed E-state index contributed by atoms with van der Waals surface area (Å²) >= 11 is 0. The Balaban J connectivity index is 1.67. The molecular formula is C23H25NO5. The number of ketones is 1. The fourth-order valence-electron chi connectivity index (χ4n) is 3.72. The zero-order valence-corrected chi connectivity index (χ0v) is 17.2. The van der Waals surface area contributed by atoms with E-state index in [-0.39, 0.29) is 11.5 Å². The van der Waals surface area contributed by atoms with Crippen LogP contribution in [0.15, 0.2) is 36.1 Å². The molecule has 0 saturated carbocycles. The van der Waals surface area contributed by atoms with Crippen LogP contribution >= 0.6 is 0 Å². The number of allylic oxidation sites excluding steroid dienone is 1. The number of hydrogen-bond donors (Lipinski definition) is 0. The van der Waals surface area contributed by atoms with E-state index in [0.717, 1.165) is 23.4 Å². The first-order valence-electron chi connectivity index (χ1n) is 9.67. The molecule has 2 aromatic carbocycles. The van der Waals surface area contributed by atoms with Gasteiger partial charge in [-0.3, -0.25) is 9.69 Å². The summed E-state index contributed by atoms with van der Waals surface area (Å²) < 4.78 is 22.6. The lowest BCUT2D eigenvalue weighted by atomic mass is 10.0. The smallest absolute Gasteiger partial charge is 0.231 e. The summed E-state index contributed by atoms with van der Waals surface area (Å²) in [5, 5.41) is 0. The SMILES string of the molecule is COc1ccc(/C=C2\Oc3c(ccc4c3CN(CC(C)C)CO4)C2=O)c(OC)c1. The quantitative estimate of drug-likeness (QED) is 0.710. The maximum absolute atomic E-state index is 13.0. The van der Waals surface area contributed by atoms with Gasteiger partial charge in [0.25, 0.3) is 0 Å². The standard InChI is InChI=1S/C23H25NO5/c1-14(2)11-24-12-18-19(28-13-24)8-7-17-22(25)21(29-23(17)18)9-15-5-6-16(26-3)10-20(15)27-4/h5-10,14H,11-13H2,1-4H3/b21-9-. The van der Waals surface area contributed by atoms with Gasteiger partial charge >= 0.3 is 0 Å². The summed E-state index contributed by atoms with van der Waals surface area (Å²) in [5.74, 6) is 3.33. The lowest BCUT2D eigenvalue weighted by molar-refractivity contribution is 0.0832. The highest BCUT2D eigenvalue weighted by atomic mass is 16.5. The van der Waals surface area contributed by atoms with Crippen LogP contribution in [0.4, 0.5) is 0 Å². The number of methoxy groups -OCH3 is 2. The maximum Gasteiger partial charge on any atom is 0.231 e. The summed E-state index contributed by atoms with van der Waals surface area (Å²) in [6, 6.07) is 9.08. The summed E-state index contributed by atoms with van der Waals surface area (Å²) in [6.07, 6.45) is 1.71. The minimum Gasteiger partial charge on any atom is -0.497 e. The minimum absolute atomic E-state index is 0.137. The number of carbonyl (C=O) groups excluding carboxylic acids is 1. The lowest BCUT2D eigenvalue weighted by Crippen LogP contribution is -2.34. The number of fused-ring (bicyclic) bond motifs is 3. The Kier molecular flexibility index (Phi) is 5.20. The van der Waals surface area contributed by atoms with Crippen molar-refractivity contribution < 1.29 is 23.7 Å².